The summed E-state index contributed by atoms with van der Waals surface area (Å²) in [6.07, 6.45) is 3.74. The van der Waals surface area contributed by atoms with E-state index in [9.17, 15) is 0 Å². The highest BCUT2D eigenvalue weighted by Crippen LogP contribution is 2.26. The predicted octanol–water partition coefficient (Wildman–Crippen LogP) is 4.74. The molecule has 0 aliphatic rings. The molecule has 1 rings (SSSR count). The fraction of sp³-hybridized carbons (Fsp3) is 0.667. The van der Waals surface area contributed by atoms with E-state index in [1.165, 1.54) is 28.6 Å². The van der Waals surface area contributed by atoms with Crippen molar-refractivity contribution in [3.8, 4) is 0 Å². The van der Waals surface area contributed by atoms with Crippen molar-refractivity contribution in [2.75, 3.05) is 0 Å². The van der Waals surface area contributed by atoms with Gasteiger partial charge in [-0.25, -0.2) is 0 Å². The Labute approximate surface area is 105 Å². The number of thiophene rings is 1. The fourth-order valence-electron chi connectivity index (χ4n) is 1.74. The van der Waals surface area contributed by atoms with Gasteiger partial charge in [0.05, 0.1) is 0 Å². The molecule has 1 aromatic heterocycles. The van der Waals surface area contributed by atoms with Crippen LogP contribution in [0.15, 0.2) is 15.9 Å². The van der Waals surface area contributed by atoms with Gasteiger partial charge in [0, 0.05) is 26.8 Å². The molecule has 0 fully saturated rings. The van der Waals surface area contributed by atoms with Gasteiger partial charge in [0.1, 0.15) is 0 Å². The van der Waals surface area contributed by atoms with Crippen molar-refractivity contribution in [1.82, 2.24) is 5.32 Å². The normalized spacial score (nSPS) is 15.2. The Balaban J connectivity index is 2.50. The van der Waals surface area contributed by atoms with Crippen molar-refractivity contribution in [2.45, 2.75) is 52.1 Å². The molecular weight excluding hydrogens is 270 g/mol. The van der Waals surface area contributed by atoms with Crippen LogP contribution in [0.25, 0.3) is 0 Å². The molecule has 0 amide bonds. The van der Waals surface area contributed by atoms with Crippen molar-refractivity contribution in [1.29, 1.82) is 0 Å². The molecule has 0 aliphatic heterocycles. The second kappa shape index (κ2) is 6.66. The standard InChI is InChI=1S/C12H20BrNS/c1-4-6-11(5-2)14-9(3)12-7-10(13)8-15-12/h7-9,11,14H,4-6H2,1-3H3. The van der Waals surface area contributed by atoms with Crippen molar-refractivity contribution >= 4 is 27.3 Å². The number of hydrogen-bond donors (Lipinski definition) is 1. The van der Waals surface area contributed by atoms with E-state index in [0.29, 0.717) is 12.1 Å². The van der Waals surface area contributed by atoms with Gasteiger partial charge >= 0.3 is 0 Å². The Morgan fingerprint density at radius 2 is 2.20 bits per heavy atom. The van der Waals surface area contributed by atoms with E-state index < -0.39 is 0 Å². The maximum atomic E-state index is 3.69. The Hall–Kier alpha value is 0.140. The first-order valence-electron chi connectivity index (χ1n) is 5.67. The lowest BCUT2D eigenvalue weighted by Gasteiger charge is -2.21. The zero-order chi connectivity index (χ0) is 11.3. The summed E-state index contributed by atoms with van der Waals surface area (Å²) in [5, 5.41) is 5.83. The number of nitrogens with one attached hydrogen (secondary N) is 1. The largest absolute Gasteiger partial charge is 0.307 e. The molecule has 3 heteroatoms. The van der Waals surface area contributed by atoms with Gasteiger partial charge in [-0.15, -0.1) is 11.3 Å². The lowest BCUT2D eigenvalue weighted by Crippen LogP contribution is -2.30. The van der Waals surface area contributed by atoms with Crippen LogP contribution in [-0.4, -0.2) is 6.04 Å². The van der Waals surface area contributed by atoms with Crippen LogP contribution >= 0.6 is 27.3 Å². The van der Waals surface area contributed by atoms with Gasteiger partial charge in [-0.1, -0.05) is 20.3 Å². The van der Waals surface area contributed by atoms with Gasteiger partial charge in [-0.3, -0.25) is 0 Å². The average Bonchev–Trinajstić information content (AvgIpc) is 2.64. The van der Waals surface area contributed by atoms with E-state index >= 15 is 0 Å². The monoisotopic (exact) mass is 289 g/mol. The number of rotatable bonds is 6. The summed E-state index contributed by atoms with van der Waals surface area (Å²) in [4.78, 5) is 1.41. The number of hydrogen-bond acceptors (Lipinski definition) is 2. The van der Waals surface area contributed by atoms with E-state index in [4.69, 9.17) is 0 Å². The van der Waals surface area contributed by atoms with E-state index in [0.717, 1.165) is 0 Å². The van der Waals surface area contributed by atoms with Crippen LogP contribution < -0.4 is 5.32 Å². The van der Waals surface area contributed by atoms with Crippen molar-refractivity contribution in [3.63, 3.8) is 0 Å². The summed E-state index contributed by atoms with van der Waals surface area (Å²) in [5.41, 5.74) is 0. The van der Waals surface area contributed by atoms with Gasteiger partial charge in [0.2, 0.25) is 0 Å². The van der Waals surface area contributed by atoms with Crippen LogP contribution in [0.2, 0.25) is 0 Å². The molecule has 1 nitrogen and oxygen atoms in total. The highest BCUT2D eigenvalue weighted by molar-refractivity contribution is 9.10. The molecule has 86 valence electrons. The van der Waals surface area contributed by atoms with Crippen LogP contribution in [0.4, 0.5) is 0 Å². The molecule has 1 aromatic rings. The third kappa shape index (κ3) is 4.25. The third-order valence-corrected chi connectivity index (χ3v) is 4.51. The summed E-state index contributed by atoms with van der Waals surface area (Å²) in [6.45, 7) is 6.75. The second-order valence-electron chi connectivity index (χ2n) is 3.95. The molecule has 0 spiro atoms. The van der Waals surface area contributed by atoms with E-state index in [1.54, 1.807) is 0 Å². The smallest absolute Gasteiger partial charge is 0.0388 e. The summed E-state index contributed by atoms with van der Waals surface area (Å²) in [7, 11) is 0. The van der Waals surface area contributed by atoms with Crippen LogP contribution in [0.5, 0.6) is 0 Å². The highest BCUT2D eigenvalue weighted by atomic mass is 79.9. The minimum absolute atomic E-state index is 0.470. The van der Waals surface area contributed by atoms with E-state index in [1.807, 2.05) is 11.3 Å². The quantitative estimate of drug-likeness (QED) is 0.798. The first-order chi connectivity index (χ1) is 7.17. The molecule has 2 unspecified atom stereocenters. The van der Waals surface area contributed by atoms with Crippen LogP contribution in [-0.2, 0) is 0 Å². The van der Waals surface area contributed by atoms with Crippen LogP contribution in [0.3, 0.4) is 0 Å². The molecule has 0 aliphatic carbocycles. The van der Waals surface area contributed by atoms with Gasteiger partial charge in [0.25, 0.3) is 0 Å². The van der Waals surface area contributed by atoms with Crippen LogP contribution in [0.1, 0.15) is 51.0 Å². The Bertz CT molecular complexity index is 285. The Morgan fingerprint density at radius 3 is 2.67 bits per heavy atom. The van der Waals surface area contributed by atoms with E-state index in [-0.39, 0.29) is 0 Å². The predicted molar refractivity (Wildman–Crippen MR) is 72.6 cm³/mol. The molecule has 1 heterocycles. The van der Waals surface area contributed by atoms with Crippen molar-refractivity contribution < 1.29 is 0 Å². The fourth-order valence-corrected chi connectivity index (χ4v) is 3.21. The topological polar surface area (TPSA) is 12.0 Å². The summed E-state index contributed by atoms with van der Waals surface area (Å²) < 4.78 is 1.19. The Kier molecular flexibility index (Phi) is 5.87. The second-order valence-corrected chi connectivity index (χ2v) is 5.81. The highest BCUT2D eigenvalue weighted by Gasteiger charge is 2.12. The first-order valence-corrected chi connectivity index (χ1v) is 7.34. The molecule has 0 radical (unpaired) electrons. The zero-order valence-corrected chi connectivity index (χ0v) is 12.1. The van der Waals surface area contributed by atoms with Gasteiger partial charge in [-0.05, 0) is 41.8 Å². The van der Waals surface area contributed by atoms with Gasteiger partial charge in [-0.2, -0.15) is 0 Å². The summed E-state index contributed by atoms with van der Waals surface area (Å²) in [5.74, 6) is 0. The molecule has 15 heavy (non-hydrogen) atoms. The molecule has 0 bridgehead atoms. The summed E-state index contributed by atoms with van der Waals surface area (Å²) in [6, 6.07) is 3.34. The number of halogens is 1. The third-order valence-electron chi connectivity index (χ3n) is 2.63. The van der Waals surface area contributed by atoms with Gasteiger partial charge < -0.3 is 5.32 Å². The lowest BCUT2D eigenvalue weighted by atomic mass is 10.1. The first kappa shape index (κ1) is 13.2. The maximum absolute atomic E-state index is 3.69. The average molecular weight is 290 g/mol. The minimum Gasteiger partial charge on any atom is -0.307 e. The SMILES string of the molecule is CCCC(CC)NC(C)c1cc(Br)cs1. The molecule has 1 N–H and O–H groups in total. The molecule has 0 saturated heterocycles. The minimum atomic E-state index is 0.470. The van der Waals surface area contributed by atoms with Crippen LogP contribution in [0, 0.1) is 0 Å². The Morgan fingerprint density at radius 1 is 1.47 bits per heavy atom. The zero-order valence-electron chi connectivity index (χ0n) is 9.72. The van der Waals surface area contributed by atoms with Gasteiger partial charge in [0.15, 0.2) is 0 Å². The van der Waals surface area contributed by atoms with Crippen molar-refractivity contribution in [2.24, 2.45) is 0 Å². The van der Waals surface area contributed by atoms with E-state index in [2.05, 4.69) is 53.5 Å². The lowest BCUT2D eigenvalue weighted by molar-refractivity contribution is 0.420. The summed E-state index contributed by atoms with van der Waals surface area (Å²) >= 11 is 5.32. The molecule has 0 saturated carbocycles. The molecular formula is C12H20BrNS. The molecule has 0 aromatic carbocycles. The van der Waals surface area contributed by atoms with Crippen molar-refractivity contribution in [3.05, 3.63) is 20.8 Å². The molecule has 2 atom stereocenters. The maximum Gasteiger partial charge on any atom is 0.0388 e.